The van der Waals surface area contributed by atoms with Crippen LogP contribution in [0.5, 0.6) is 11.5 Å². The molecule has 4 heterocycles. The zero-order valence-corrected chi connectivity index (χ0v) is 37.0. The number of alkyl halides is 1. The lowest BCUT2D eigenvalue weighted by Gasteiger charge is -2.72. The predicted octanol–water partition coefficient (Wildman–Crippen LogP) is 8.19. The van der Waals surface area contributed by atoms with E-state index in [0.29, 0.717) is 40.7 Å². The third kappa shape index (κ3) is 8.07. The number of likely N-dealkylation sites (tertiary alicyclic amines) is 1. The van der Waals surface area contributed by atoms with Crippen LogP contribution >= 0.6 is 0 Å². The van der Waals surface area contributed by atoms with Gasteiger partial charge in [-0.05, 0) is 124 Å². The van der Waals surface area contributed by atoms with Crippen LogP contribution in [-0.2, 0) is 10.0 Å². The monoisotopic (exact) mass is 880 g/mol. The van der Waals surface area contributed by atoms with E-state index in [1.807, 2.05) is 23.6 Å². The van der Waals surface area contributed by atoms with Crippen molar-refractivity contribution >= 4 is 44.0 Å². The van der Waals surface area contributed by atoms with Gasteiger partial charge in [0.05, 0.1) is 21.6 Å². The van der Waals surface area contributed by atoms with Crippen molar-refractivity contribution in [3.8, 4) is 11.5 Å². The first kappa shape index (κ1) is 41.9. The average Bonchev–Trinajstić information content (AvgIpc) is 3.70. The van der Waals surface area contributed by atoms with E-state index in [2.05, 4.69) is 36.7 Å². The molecule has 2 bridgehead atoms. The number of halogens is 1. The molecule has 1 spiro atoms. The molecule has 2 saturated heterocycles. The van der Waals surface area contributed by atoms with E-state index in [4.69, 9.17) is 4.74 Å². The Bertz CT molecular complexity index is 2590. The molecule has 3 N–H and O–H groups in total. The van der Waals surface area contributed by atoms with E-state index in [9.17, 15) is 23.3 Å². The number of piperazine rings is 1. The molecule has 4 aromatic rings. The molecule has 334 valence electrons. The molecule has 1 amide bonds. The Hall–Kier alpha value is -5.06. The van der Waals surface area contributed by atoms with Gasteiger partial charge in [-0.2, -0.15) is 0 Å². The summed E-state index contributed by atoms with van der Waals surface area (Å²) in [4.78, 5) is 39.2. The highest BCUT2D eigenvalue weighted by Gasteiger charge is 2.67. The number of piperidine rings is 1. The molecule has 11 rings (SSSR count). The molecule has 2 aromatic carbocycles. The van der Waals surface area contributed by atoms with Crippen molar-refractivity contribution in [2.75, 3.05) is 69.6 Å². The number of ether oxygens (including phenoxy) is 1. The van der Waals surface area contributed by atoms with Crippen LogP contribution in [0.25, 0.3) is 11.0 Å². The maximum atomic E-state index is 15.5. The minimum atomic E-state index is -4.61. The number of H-pyrrole nitrogens is 1. The Morgan fingerprint density at radius 2 is 1.75 bits per heavy atom. The molecular weight excluding hydrogens is 824 g/mol. The first-order valence-electron chi connectivity index (χ1n) is 22.5. The zero-order chi connectivity index (χ0) is 43.8. The van der Waals surface area contributed by atoms with Gasteiger partial charge in [-0.15, -0.1) is 0 Å². The molecule has 0 atom stereocenters. The second kappa shape index (κ2) is 15.6. The normalized spacial score (nSPS) is 25.5. The molecule has 6 fully saturated rings. The molecule has 2 aliphatic heterocycles. The van der Waals surface area contributed by atoms with Gasteiger partial charge in [0.1, 0.15) is 28.5 Å². The molecular formula is C47H57FN8O6S. The number of nitro groups is 1. The van der Waals surface area contributed by atoms with E-state index in [1.54, 1.807) is 36.0 Å². The summed E-state index contributed by atoms with van der Waals surface area (Å²) in [5, 5.41) is 15.8. The number of nitro benzene ring substituents is 1. The van der Waals surface area contributed by atoms with E-state index in [0.717, 1.165) is 55.9 Å². The number of carbonyl (C=O) groups excluding carboxylic acids is 1. The number of pyridine rings is 1. The number of hydrogen-bond acceptors (Lipinski definition) is 11. The number of nitrogens with one attached hydrogen (secondary N) is 3. The second-order valence-corrected chi connectivity index (χ2v) is 21.7. The highest BCUT2D eigenvalue weighted by Crippen LogP contribution is 2.78. The molecule has 14 nitrogen and oxygen atoms in total. The highest BCUT2D eigenvalue weighted by atomic mass is 32.2. The Morgan fingerprint density at radius 1 is 0.984 bits per heavy atom. The van der Waals surface area contributed by atoms with Crippen molar-refractivity contribution in [1.82, 2.24) is 24.5 Å². The molecule has 63 heavy (non-hydrogen) atoms. The lowest BCUT2D eigenvalue weighted by atomic mass is 9.32. The van der Waals surface area contributed by atoms with Crippen molar-refractivity contribution in [2.45, 2.75) is 88.1 Å². The first-order valence-corrected chi connectivity index (χ1v) is 24.0. The maximum absolute atomic E-state index is 15.5. The van der Waals surface area contributed by atoms with Gasteiger partial charge >= 0.3 is 0 Å². The van der Waals surface area contributed by atoms with Gasteiger partial charge < -0.3 is 24.8 Å². The Labute approximate surface area is 367 Å². The summed E-state index contributed by atoms with van der Waals surface area (Å²) >= 11 is 0. The van der Waals surface area contributed by atoms with Crippen molar-refractivity contribution in [3.63, 3.8) is 0 Å². The summed E-state index contributed by atoms with van der Waals surface area (Å²) in [7, 11) is -2.71. The standard InChI is InChI=1S/C47H57FN8O6S/c1-44-28-46(29-44,30-44)38-25-45(10-3-11-45)12-8-33(38)27-54-18-20-55(21-19-54)34-4-6-37(41(23-34)62-35-22-32-9-15-49-42(32)50-26-35)43(57)52-63(60,61)36-5-7-39(40(24-36)56(58)59)51-31-47(48)13-16-53(2)17-14-47/h4-7,9,15,22-24,26,51H,3,8,10-14,16-21,25,27-31H2,1-2H3,(H,49,50)(H,52,57). The van der Waals surface area contributed by atoms with E-state index in [1.165, 1.54) is 70.1 Å². The van der Waals surface area contributed by atoms with Gasteiger partial charge in [0.2, 0.25) is 0 Å². The number of sulfonamides is 1. The fourth-order valence-electron chi connectivity index (χ4n) is 11.8. The summed E-state index contributed by atoms with van der Waals surface area (Å²) in [6.45, 7) is 7.79. The van der Waals surface area contributed by atoms with Gasteiger partial charge in [0.25, 0.3) is 21.6 Å². The van der Waals surface area contributed by atoms with Gasteiger partial charge in [-0.3, -0.25) is 19.8 Å². The maximum Gasteiger partial charge on any atom is 0.293 e. The number of hydrogen-bond donors (Lipinski definition) is 3. The number of aromatic nitrogens is 2. The molecule has 16 heteroatoms. The van der Waals surface area contributed by atoms with Crippen LogP contribution in [0.15, 0.2) is 77.0 Å². The number of allylic oxidation sites excluding steroid dienone is 1. The van der Waals surface area contributed by atoms with Gasteiger partial charge in [0, 0.05) is 81.8 Å². The lowest BCUT2D eigenvalue weighted by Crippen LogP contribution is -2.62. The third-order valence-electron chi connectivity index (χ3n) is 15.4. The average molecular weight is 881 g/mol. The summed E-state index contributed by atoms with van der Waals surface area (Å²) < 4.78 is 51.3. The lowest BCUT2D eigenvalue weighted by molar-refractivity contribution is -0.384. The zero-order valence-electron chi connectivity index (χ0n) is 36.2. The third-order valence-corrected chi connectivity index (χ3v) is 16.8. The number of carbonyl (C=O) groups is 1. The van der Waals surface area contributed by atoms with Crippen LogP contribution in [-0.4, -0.2) is 104 Å². The van der Waals surface area contributed by atoms with E-state index >= 15 is 4.39 Å². The number of amides is 1. The fraction of sp³-hybridized carbons (Fsp3) is 0.532. The molecule has 2 aromatic heterocycles. The molecule has 0 unspecified atom stereocenters. The van der Waals surface area contributed by atoms with Crippen LogP contribution in [0.4, 0.5) is 21.5 Å². The Morgan fingerprint density at radius 3 is 2.44 bits per heavy atom. The van der Waals surface area contributed by atoms with Crippen molar-refractivity contribution < 1.29 is 27.3 Å². The van der Waals surface area contributed by atoms with Crippen molar-refractivity contribution in [2.24, 2.45) is 16.2 Å². The van der Waals surface area contributed by atoms with Gasteiger partial charge in [-0.25, -0.2) is 22.5 Å². The number of aromatic amines is 1. The number of fused-ring (bicyclic) bond motifs is 1. The van der Waals surface area contributed by atoms with Gasteiger partial charge in [-0.1, -0.05) is 24.5 Å². The van der Waals surface area contributed by atoms with Crippen LogP contribution in [0.2, 0.25) is 0 Å². The number of nitrogens with zero attached hydrogens (tertiary/aromatic N) is 5. The second-order valence-electron chi connectivity index (χ2n) is 20.0. The summed E-state index contributed by atoms with van der Waals surface area (Å²) in [5.74, 6) is -0.484. The quantitative estimate of drug-likeness (QED) is 0.0674. The van der Waals surface area contributed by atoms with Crippen LogP contribution in [0.3, 0.4) is 0 Å². The van der Waals surface area contributed by atoms with Crippen LogP contribution in [0.1, 0.15) is 87.9 Å². The molecule has 0 radical (unpaired) electrons. The SMILES string of the molecule is CN1CCC(F)(CNc2ccc(S(=O)(=O)NC(=O)c3ccc(N4CCN(CC5=C(C67CC(C)(C6)C7)CC6(CCC6)CC5)CC4)cc3Oc3cnc4[nH]ccc4c3)cc2[N+](=O)[O-])CC1. The van der Waals surface area contributed by atoms with Crippen molar-refractivity contribution in [3.05, 3.63) is 87.7 Å². The highest BCUT2D eigenvalue weighted by molar-refractivity contribution is 7.90. The number of rotatable bonds is 13. The molecule has 7 aliphatic rings. The van der Waals surface area contributed by atoms with Crippen LogP contribution < -0.4 is 19.7 Å². The van der Waals surface area contributed by atoms with E-state index < -0.39 is 37.1 Å². The minimum Gasteiger partial charge on any atom is -0.455 e. The summed E-state index contributed by atoms with van der Waals surface area (Å²) in [6, 6.07) is 12.0. The molecule has 4 saturated carbocycles. The minimum absolute atomic E-state index is 0.0155. The molecule has 5 aliphatic carbocycles. The number of benzene rings is 2. The first-order chi connectivity index (χ1) is 30.1. The Balaban J connectivity index is 0.856. The topological polar surface area (TPSA) is 166 Å². The largest absolute Gasteiger partial charge is 0.455 e. The number of anilines is 2. The fourth-order valence-corrected chi connectivity index (χ4v) is 12.8. The summed E-state index contributed by atoms with van der Waals surface area (Å²) in [6.07, 6.45) is 16.0. The predicted molar refractivity (Wildman–Crippen MR) is 240 cm³/mol. The van der Waals surface area contributed by atoms with Crippen LogP contribution in [0, 0.1) is 26.4 Å². The Kier molecular flexibility index (Phi) is 10.4. The summed E-state index contributed by atoms with van der Waals surface area (Å²) in [5.41, 5.74) is 4.49. The van der Waals surface area contributed by atoms with E-state index in [-0.39, 0.29) is 36.4 Å². The van der Waals surface area contributed by atoms with Crippen molar-refractivity contribution in [1.29, 1.82) is 0 Å². The smallest absolute Gasteiger partial charge is 0.293 e. The van der Waals surface area contributed by atoms with Gasteiger partial charge in [0.15, 0.2) is 0 Å².